The van der Waals surface area contributed by atoms with Crippen LogP contribution < -0.4 is 11.0 Å². The van der Waals surface area contributed by atoms with Crippen LogP contribution in [0, 0.1) is 12.8 Å². The lowest BCUT2D eigenvalue weighted by atomic mass is 10.1. The third-order valence-electron chi connectivity index (χ3n) is 4.88. The molecule has 160 valence electrons. The van der Waals surface area contributed by atoms with Crippen LogP contribution in [0.4, 0.5) is 0 Å². The highest BCUT2D eigenvalue weighted by Crippen LogP contribution is 2.24. The summed E-state index contributed by atoms with van der Waals surface area (Å²) in [6.45, 7) is 6.57. The van der Waals surface area contributed by atoms with Crippen LogP contribution in [0.25, 0.3) is 28.5 Å². The normalized spacial score (nSPS) is 11.4. The second-order valence-corrected chi connectivity index (χ2v) is 7.88. The van der Waals surface area contributed by atoms with Gasteiger partial charge in [-0.05, 0) is 37.5 Å². The molecule has 3 heterocycles. The van der Waals surface area contributed by atoms with E-state index < -0.39 is 5.69 Å². The number of nitrogens with one attached hydrogen (secondary N) is 1. The Balaban J connectivity index is 1.62. The summed E-state index contributed by atoms with van der Waals surface area (Å²) in [4.78, 5) is 29.4. The number of carbonyl (C=O) groups is 1. The van der Waals surface area contributed by atoms with Gasteiger partial charge in [0.15, 0.2) is 5.65 Å². The smallest absolute Gasteiger partial charge is 0.350 e. The topological polar surface area (TPSA) is 107 Å². The summed E-state index contributed by atoms with van der Waals surface area (Å²) in [6.07, 6.45) is 2.47. The van der Waals surface area contributed by atoms with Crippen LogP contribution in [0.1, 0.15) is 25.8 Å². The van der Waals surface area contributed by atoms with E-state index in [4.69, 9.17) is 4.52 Å². The maximum Gasteiger partial charge on any atom is 0.350 e. The van der Waals surface area contributed by atoms with Crippen LogP contribution in [0.2, 0.25) is 0 Å². The number of pyridine rings is 1. The molecular formula is C22H24N6O3. The van der Waals surface area contributed by atoms with Gasteiger partial charge in [0.25, 0.3) is 5.89 Å². The molecule has 0 saturated heterocycles. The van der Waals surface area contributed by atoms with Gasteiger partial charge in [0.1, 0.15) is 6.54 Å². The van der Waals surface area contributed by atoms with Crippen molar-refractivity contribution in [2.75, 3.05) is 6.54 Å². The molecule has 4 rings (SSSR count). The summed E-state index contributed by atoms with van der Waals surface area (Å²) in [6, 6.07) is 11.2. The molecule has 0 aliphatic heterocycles. The molecular weight excluding hydrogens is 396 g/mol. The zero-order valence-electron chi connectivity index (χ0n) is 17.7. The van der Waals surface area contributed by atoms with Gasteiger partial charge >= 0.3 is 5.69 Å². The first-order chi connectivity index (χ1) is 14.9. The molecule has 0 radical (unpaired) electrons. The van der Waals surface area contributed by atoms with Crippen LogP contribution in [0.3, 0.4) is 0 Å². The maximum absolute atomic E-state index is 12.7. The van der Waals surface area contributed by atoms with Crippen molar-refractivity contribution in [1.82, 2.24) is 29.6 Å². The van der Waals surface area contributed by atoms with Crippen LogP contribution in [0.15, 0.2) is 51.9 Å². The Kier molecular flexibility index (Phi) is 5.66. The van der Waals surface area contributed by atoms with Gasteiger partial charge in [-0.25, -0.2) is 13.9 Å². The lowest BCUT2D eigenvalue weighted by Crippen LogP contribution is -2.33. The van der Waals surface area contributed by atoms with Gasteiger partial charge in [0.2, 0.25) is 11.7 Å². The molecule has 1 aromatic carbocycles. The Morgan fingerprint density at radius 1 is 1.23 bits per heavy atom. The quantitative estimate of drug-likeness (QED) is 0.493. The lowest BCUT2D eigenvalue weighted by molar-refractivity contribution is -0.121. The number of rotatable bonds is 7. The predicted molar refractivity (Wildman–Crippen MR) is 115 cm³/mol. The Morgan fingerprint density at radius 2 is 2.06 bits per heavy atom. The minimum Gasteiger partial charge on any atom is -0.354 e. The van der Waals surface area contributed by atoms with Gasteiger partial charge in [-0.1, -0.05) is 42.8 Å². The fourth-order valence-electron chi connectivity index (χ4n) is 3.23. The first-order valence-corrected chi connectivity index (χ1v) is 10.2. The molecule has 1 N–H and O–H groups in total. The first kappa shape index (κ1) is 20.5. The van der Waals surface area contributed by atoms with Crippen molar-refractivity contribution >= 4 is 11.6 Å². The average Bonchev–Trinajstić information content (AvgIpc) is 3.33. The number of hydrogen-bond donors (Lipinski definition) is 1. The molecule has 4 aromatic rings. The first-order valence-electron chi connectivity index (χ1n) is 10.2. The van der Waals surface area contributed by atoms with Crippen molar-refractivity contribution in [3.63, 3.8) is 0 Å². The van der Waals surface area contributed by atoms with Gasteiger partial charge in [-0.2, -0.15) is 4.98 Å². The van der Waals surface area contributed by atoms with Gasteiger partial charge in [-0.3, -0.25) is 4.79 Å². The zero-order chi connectivity index (χ0) is 22.0. The van der Waals surface area contributed by atoms with Crippen LogP contribution in [-0.4, -0.2) is 36.8 Å². The number of benzene rings is 1. The number of hydrogen-bond acceptors (Lipinski definition) is 6. The number of fused-ring (bicyclic) bond motifs is 1. The van der Waals surface area contributed by atoms with Gasteiger partial charge in [0, 0.05) is 18.3 Å². The molecule has 0 saturated carbocycles. The molecule has 0 aliphatic rings. The molecule has 0 aliphatic carbocycles. The van der Waals surface area contributed by atoms with E-state index in [1.54, 1.807) is 18.3 Å². The molecule has 1 amide bonds. The second-order valence-electron chi connectivity index (χ2n) is 7.88. The van der Waals surface area contributed by atoms with Crippen LogP contribution in [-0.2, 0) is 11.3 Å². The highest BCUT2D eigenvalue weighted by molar-refractivity contribution is 5.76. The van der Waals surface area contributed by atoms with Crippen molar-refractivity contribution in [2.24, 2.45) is 5.92 Å². The second kappa shape index (κ2) is 8.55. The Bertz CT molecular complexity index is 1280. The summed E-state index contributed by atoms with van der Waals surface area (Å²) in [5.41, 5.74) is 2.38. The van der Waals surface area contributed by atoms with Gasteiger partial charge in [0.05, 0.1) is 5.56 Å². The summed E-state index contributed by atoms with van der Waals surface area (Å²) < 4.78 is 7.96. The van der Waals surface area contributed by atoms with E-state index >= 15 is 0 Å². The van der Waals surface area contributed by atoms with Gasteiger partial charge in [-0.15, -0.1) is 5.10 Å². The molecule has 3 aromatic heterocycles. The summed E-state index contributed by atoms with van der Waals surface area (Å²) in [7, 11) is 0. The molecule has 31 heavy (non-hydrogen) atoms. The van der Waals surface area contributed by atoms with Crippen LogP contribution in [0.5, 0.6) is 0 Å². The predicted octanol–water partition coefficient (Wildman–Crippen LogP) is 2.68. The summed E-state index contributed by atoms with van der Waals surface area (Å²) in [5.74, 6) is 0.930. The number of nitrogens with zero attached hydrogens (tertiary/aromatic N) is 5. The van der Waals surface area contributed by atoms with Gasteiger partial charge < -0.3 is 9.84 Å². The lowest BCUT2D eigenvalue weighted by Gasteiger charge is -2.06. The van der Waals surface area contributed by atoms with E-state index in [0.717, 1.165) is 22.2 Å². The van der Waals surface area contributed by atoms with E-state index in [0.29, 0.717) is 29.5 Å². The summed E-state index contributed by atoms with van der Waals surface area (Å²) in [5, 5.41) is 11.2. The third kappa shape index (κ3) is 4.40. The number of aromatic nitrogens is 5. The van der Waals surface area contributed by atoms with E-state index in [1.807, 2.05) is 31.2 Å². The van der Waals surface area contributed by atoms with Crippen molar-refractivity contribution in [1.29, 1.82) is 0 Å². The molecule has 0 spiro atoms. The fraction of sp³-hybridized carbons (Fsp3) is 0.318. The molecule has 0 bridgehead atoms. The summed E-state index contributed by atoms with van der Waals surface area (Å²) >= 11 is 0. The Morgan fingerprint density at radius 3 is 2.84 bits per heavy atom. The number of amides is 1. The minimum absolute atomic E-state index is 0.156. The SMILES string of the molecule is Cc1cccc(-c2noc(-c3cccn4c(=O)n(CC(=O)NCCC(C)C)nc34)n2)c1. The van der Waals surface area contributed by atoms with E-state index in [-0.39, 0.29) is 18.3 Å². The third-order valence-corrected chi connectivity index (χ3v) is 4.88. The van der Waals surface area contributed by atoms with E-state index in [1.165, 1.54) is 4.40 Å². The van der Waals surface area contributed by atoms with Crippen molar-refractivity contribution < 1.29 is 9.32 Å². The average molecular weight is 420 g/mol. The molecule has 0 unspecified atom stereocenters. The van der Waals surface area contributed by atoms with Crippen molar-refractivity contribution in [2.45, 2.75) is 33.7 Å². The van der Waals surface area contributed by atoms with E-state index in [2.05, 4.69) is 34.4 Å². The number of aryl methyl sites for hydroxylation is 1. The highest BCUT2D eigenvalue weighted by Gasteiger charge is 2.18. The maximum atomic E-state index is 12.7. The number of carbonyl (C=O) groups excluding carboxylic acids is 1. The minimum atomic E-state index is -0.408. The van der Waals surface area contributed by atoms with E-state index in [9.17, 15) is 9.59 Å². The Labute approximate surface area is 178 Å². The molecule has 0 atom stereocenters. The monoisotopic (exact) mass is 420 g/mol. The largest absolute Gasteiger partial charge is 0.354 e. The van der Waals surface area contributed by atoms with Crippen molar-refractivity contribution in [3.8, 4) is 22.8 Å². The zero-order valence-corrected chi connectivity index (χ0v) is 17.7. The fourth-order valence-corrected chi connectivity index (χ4v) is 3.23. The van der Waals surface area contributed by atoms with Crippen LogP contribution >= 0.6 is 0 Å². The standard InChI is InChI=1S/C22H24N6O3/c1-14(2)9-10-23-18(29)13-28-22(30)27-11-5-8-17(20(27)25-28)21-24-19(26-31-21)16-7-4-6-15(3)12-16/h4-8,11-12,14H,9-10,13H2,1-3H3,(H,23,29). The highest BCUT2D eigenvalue weighted by atomic mass is 16.5. The molecule has 0 fully saturated rings. The molecule has 9 nitrogen and oxygen atoms in total. The Hall–Kier alpha value is -3.75. The molecule has 9 heteroatoms. The van der Waals surface area contributed by atoms with Crippen molar-refractivity contribution in [3.05, 3.63) is 58.6 Å².